The largest absolute Gasteiger partial charge is 0.478 e. The van der Waals surface area contributed by atoms with Crippen molar-refractivity contribution in [1.29, 1.82) is 0 Å². The molecule has 0 radical (unpaired) electrons. The number of nitrogens with one attached hydrogen (secondary N) is 1. The van der Waals surface area contributed by atoms with E-state index in [1.165, 1.54) is 25.3 Å². The van der Waals surface area contributed by atoms with Crippen molar-refractivity contribution in [3.63, 3.8) is 0 Å². The molecule has 37 heavy (non-hydrogen) atoms. The van der Waals surface area contributed by atoms with E-state index in [0.29, 0.717) is 34.3 Å². The normalized spacial score (nSPS) is 13.9. The zero-order chi connectivity index (χ0) is 26.4. The van der Waals surface area contributed by atoms with Crippen LogP contribution in [0.2, 0.25) is 0 Å². The second-order valence-corrected chi connectivity index (χ2v) is 10.2. The lowest BCUT2D eigenvalue weighted by molar-refractivity contribution is -0.115. The number of hydrogen-bond donors (Lipinski definition) is 2. The number of carbonyl (C=O) groups excluding carboxylic acids is 1. The van der Waals surface area contributed by atoms with Gasteiger partial charge in [0.2, 0.25) is 5.91 Å². The molecular formula is C31H35FN2O3. The lowest BCUT2D eigenvalue weighted by Crippen LogP contribution is -2.40. The van der Waals surface area contributed by atoms with Gasteiger partial charge in [0.25, 0.3) is 0 Å². The summed E-state index contributed by atoms with van der Waals surface area (Å²) in [5.41, 5.74) is 3.35. The van der Waals surface area contributed by atoms with Gasteiger partial charge in [-0.25, -0.2) is 9.18 Å². The number of anilines is 2. The molecule has 0 heterocycles. The molecule has 4 rings (SSSR count). The number of nitrogens with zero attached hydrogens (tertiary/aromatic N) is 1. The number of carbonyl (C=O) groups is 2. The Morgan fingerprint density at radius 1 is 1.00 bits per heavy atom. The van der Waals surface area contributed by atoms with Crippen LogP contribution in [0.3, 0.4) is 0 Å². The number of hydrogen-bond acceptors (Lipinski definition) is 3. The predicted molar refractivity (Wildman–Crippen MR) is 147 cm³/mol. The van der Waals surface area contributed by atoms with Crippen LogP contribution < -0.4 is 10.2 Å². The molecule has 0 bridgehead atoms. The fourth-order valence-corrected chi connectivity index (χ4v) is 5.21. The molecule has 3 aromatic rings. The number of benzene rings is 3. The highest BCUT2D eigenvalue weighted by Gasteiger charge is 2.25. The minimum absolute atomic E-state index is 0.0876. The molecule has 3 aromatic carbocycles. The van der Waals surface area contributed by atoms with Gasteiger partial charge in [0, 0.05) is 12.6 Å². The monoisotopic (exact) mass is 502 g/mol. The Kier molecular flexibility index (Phi) is 8.59. The van der Waals surface area contributed by atoms with Crippen LogP contribution in [0.1, 0.15) is 61.9 Å². The highest BCUT2D eigenvalue weighted by molar-refractivity contribution is 5.99. The average Bonchev–Trinajstić information content (AvgIpc) is 2.89. The number of aromatic carboxylic acids is 1. The summed E-state index contributed by atoms with van der Waals surface area (Å²) in [7, 11) is 0. The molecule has 0 saturated heterocycles. The number of amides is 1. The van der Waals surface area contributed by atoms with Gasteiger partial charge < -0.3 is 15.3 Å². The first-order chi connectivity index (χ1) is 17.8. The van der Waals surface area contributed by atoms with Crippen LogP contribution in [-0.2, 0) is 11.2 Å². The molecule has 1 aliphatic carbocycles. The van der Waals surface area contributed by atoms with Gasteiger partial charge >= 0.3 is 5.97 Å². The lowest BCUT2D eigenvalue weighted by atomic mass is 9.92. The number of carboxylic acids is 1. The topological polar surface area (TPSA) is 69.6 Å². The predicted octanol–water partition coefficient (Wildman–Crippen LogP) is 7.17. The molecule has 0 spiro atoms. The Hall–Kier alpha value is -3.67. The van der Waals surface area contributed by atoms with Crippen LogP contribution in [0.25, 0.3) is 11.1 Å². The molecule has 5 nitrogen and oxygen atoms in total. The molecule has 194 valence electrons. The third kappa shape index (κ3) is 6.56. The highest BCUT2D eigenvalue weighted by Crippen LogP contribution is 2.37. The van der Waals surface area contributed by atoms with Crippen molar-refractivity contribution in [2.75, 3.05) is 16.8 Å². The Bertz CT molecular complexity index is 1250. The minimum atomic E-state index is -1.01. The maximum Gasteiger partial charge on any atom is 0.336 e. The quantitative estimate of drug-likeness (QED) is 0.326. The highest BCUT2D eigenvalue weighted by atomic mass is 19.1. The molecule has 0 unspecified atom stereocenters. The summed E-state index contributed by atoms with van der Waals surface area (Å²) in [5.74, 6) is -1.32. The molecule has 2 N–H and O–H groups in total. The van der Waals surface area contributed by atoms with E-state index in [-0.39, 0.29) is 17.9 Å². The van der Waals surface area contributed by atoms with Crippen molar-refractivity contribution in [3.8, 4) is 11.1 Å². The van der Waals surface area contributed by atoms with Crippen LogP contribution >= 0.6 is 0 Å². The average molecular weight is 503 g/mol. The molecule has 1 aliphatic rings. The third-order valence-corrected chi connectivity index (χ3v) is 6.93. The Balaban J connectivity index is 1.76. The first-order valence-electron chi connectivity index (χ1n) is 13.1. The van der Waals surface area contributed by atoms with Crippen molar-refractivity contribution in [2.45, 2.75) is 58.4 Å². The molecule has 0 atom stereocenters. The zero-order valence-corrected chi connectivity index (χ0v) is 21.5. The molecule has 1 amide bonds. The van der Waals surface area contributed by atoms with Crippen molar-refractivity contribution in [1.82, 2.24) is 0 Å². The smallest absolute Gasteiger partial charge is 0.336 e. The van der Waals surface area contributed by atoms with Gasteiger partial charge in [-0.2, -0.15) is 0 Å². The van der Waals surface area contributed by atoms with Crippen molar-refractivity contribution >= 4 is 23.3 Å². The van der Waals surface area contributed by atoms with Gasteiger partial charge in [-0.3, -0.25) is 4.79 Å². The van der Waals surface area contributed by atoms with E-state index in [1.807, 2.05) is 18.2 Å². The van der Waals surface area contributed by atoms with E-state index in [0.717, 1.165) is 25.1 Å². The maximum absolute atomic E-state index is 14.2. The van der Waals surface area contributed by atoms with Gasteiger partial charge in [-0.15, -0.1) is 0 Å². The summed E-state index contributed by atoms with van der Waals surface area (Å²) in [6.07, 6.45) is 5.70. The maximum atomic E-state index is 14.2. The number of halogens is 1. The first-order valence-corrected chi connectivity index (χ1v) is 13.1. The molecule has 0 aliphatic heterocycles. The molecule has 1 saturated carbocycles. The van der Waals surface area contributed by atoms with Crippen molar-refractivity contribution in [3.05, 3.63) is 83.7 Å². The van der Waals surface area contributed by atoms with Crippen LogP contribution in [0.15, 0.2) is 66.7 Å². The van der Waals surface area contributed by atoms with E-state index >= 15 is 0 Å². The fourth-order valence-electron chi connectivity index (χ4n) is 5.21. The van der Waals surface area contributed by atoms with Crippen LogP contribution in [0.4, 0.5) is 15.8 Å². The Labute approximate surface area is 218 Å². The lowest BCUT2D eigenvalue weighted by Gasteiger charge is -2.38. The SMILES string of the molecule is CC(C)CN(c1ccc(-c2ccccc2C(=O)O)cc1NC(=O)Cc1ccccc1F)C1CCCCC1. The van der Waals surface area contributed by atoms with Crippen molar-refractivity contribution < 1.29 is 19.1 Å². The van der Waals surface area contributed by atoms with Crippen LogP contribution in [0, 0.1) is 11.7 Å². The summed E-state index contributed by atoms with van der Waals surface area (Å²) in [4.78, 5) is 27.4. The number of carboxylic acid groups (broad SMARTS) is 1. The van der Waals surface area contributed by atoms with E-state index in [4.69, 9.17) is 0 Å². The van der Waals surface area contributed by atoms with Crippen LogP contribution in [0.5, 0.6) is 0 Å². The Morgan fingerprint density at radius 2 is 1.70 bits per heavy atom. The fraction of sp³-hybridized carbons (Fsp3) is 0.355. The third-order valence-electron chi connectivity index (χ3n) is 6.93. The second kappa shape index (κ2) is 12.0. The minimum Gasteiger partial charge on any atom is -0.478 e. The molecule has 6 heteroatoms. The standard InChI is InChI=1S/C31H35FN2O3/c1-21(2)20-34(24-11-4-3-5-12-24)29-17-16-22(25-13-7-8-14-26(25)31(36)37)18-28(29)33-30(35)19-23-10-6-9-15-27(23)32/h6-10,13-18,21,24H,3-5,11-12,19-20H2,1-2H3,(H,33,35)(H,36,37). The van der Waals surface area contributed by atoms with Gasteiger partial charge in [-0.05, 0) is 59.7 Å². The summed E-state index contributed by atoms with van der Waals surface area (Å²) >= 11 is 0. The van der Waals surface area contributed by atoms with Gasteiger partial charge in [-0.1, -0.05) is 75.6 Å². The van der Waals surface area contributed by atoms with E-state index in [2.05, 4.69) is 24.1 Å². The van der Waals surface area contributed by atoms with Crippen LogP contribution in [-0.4, -0.2) is 29.6 Å². The molecular weight excluding hydrogens is 467 g/mol. The summed E-state index contributed by atoms with van der Waals surface area (Å²) in [6, 6.07) is 19.3. The van der Waals surface area contributed by atoms with E-state index in [1.54, 1.807) is 42.5 Å². The molecule has 1 fully saturated rings. The summed E-state index contributed by atoms with van der Waals surface area (Å²) in [6.45, 7) is 5.21. The van der Waals surface area contributed by atoms with E-state index in [9.17, 15) is 19.1 Å². The Morgan fingerprint density at radius 3 is 2.41 bits per heavy atom. The van der Waals surface area contributed by atoms with Gasteiger partial charge in [0.05, 0.1) is 23.4 Å². The van der Waals surface area contributed by atoms with E-state index < -0.39 is 11.8 Å². The van der Waals surface area contributed by atoms with Gasteiger partial charge in [0.15, 0.2) is 0 Å². The first kappa shape index (κ1) is 26.4. The zero-order valence-electron chi connectivity index (χ0n) is 21.5. The molecule has 0 aromatic heterocycles. The second-order valence-electron chi connectivity index (χ2n) is 10.2. The summed E-state index contributed by atoms with van der Waals surface area (Å²) < 4.78 is 14.2. The summed E-state index contributed by atoms with van der Waals surface area (Å²) in [5, 5.41) is 12.8. The number of rotatable bonds is 9. The van der Waals surface area contributed by atoms with Gasteiger partial charge in [0.1, 0.15) is 5.82 Å². The van der Waals surface area contributed by atoms with Crippen molar-refractivity contribution in [2.24, 2.45) is 5.92 Å².